The van der Waals surface area contributed by atoms with Crippen LogP contribution >= 0.6 is 0 Å². The van der Waals surface area contributed by atoms with Crippen LogP contribution in [0.4, 0.5) is 4.39 Å². The van der Waals surface area contributed by atoms with Crippen LogP contribution in [-0.4, -0.2) is 47.8 Å². The van der Waals surface area contributed by atoms with Gasteiger partial charge in [0.1, 0.15) is 5.82 Å². The Labute approximate surface area is 143 Å². The van der Waals surface area contributed by atoms with Gasteiger partial charge in [-0.05, 0) is 36.8 Å². The lowest BCUT2D eigenvalue weighted by Gasteiger charge is -2.21. The summed E-state index contributed by atoms with van der Waals surface area (Å²) < 4.78 is 14.7. The number of benzene rings is 1. The van der Waals surface area contributed by atoms with Crippen LogP contribution in [0.3, 0.4) is 0 Å². The van der Waals surface area contributed by atoms with E-state index in [4.69, 9.17) is 0 Å². The van der Waals surface area contributed by atoms with Crippen molar-refractivity contribution in [2.45, 2.75) is 26.2 Å². The molecule has 0 fully saturated rings. The highest BCUT2D eigenvalue weighted by molar-refractivity contribution is 5.79. The fourth-order valence-electron chi connectivity index (χ4n) is 2.42. The van der Waals surface area contributed by atoms with Gasteiger partial charge in [0.05, 0.1) is 11.4 Å². The van der Waals surface area contributed by atoms with E-state index in [1.54, 1.807) is 23.9 Å². The normalized spacial score (nSPS) is 11.6. The molecule has 1 aromatic heterocycles. The van der Waals surface area contributed by atoms with E-state index in [1.807, 2.05) is 19.3 Å². The van der Waals surface area contributed by atoms with Crippen molar-refractivity contribution in [3.8, 4) is 5.69 Å². The number of guanidine groups is 1. The Kier molecular flexibility index (Phi) is 6.78. The summed E-state index contributed by atoms with van der Waals surface area (Å²) in [7, 11) is 3.85. The SMILES string of the molecule is CCCCN(C)C(=NC)NCCc1ccn(-c2ccc(F)cc2)n1. The number of hydrogen-bond acceptors (Lipinski definition) is 2. The Bertz CT molecular complexity index is 648. The highest BCUT2D eigenvalue weighted by Gasteiger charge is 2.06. The Hall–Kier alpha value is -2.37. The number of rotatable bonds is 7. The minimum absolute atomic E-state index is 0.242. The zero-order valence-corrected chi connectivity index (χ0v) is 14.7. The molecule has 1 aromatic carbocycles. The summed E-state index contributed by atoms with van der Waals surface area (Å²) in [5.74, 6) is 0.662. The maximum atomic E-state index is 13.0. The molecule has 1 N–H and O–H groups in total. The summed E-state index contributed by atoms with van der Waals surface area (Å²) in [5.41, 5.74) is 1.84. The molecule has 130 valence electrons. The number of nitrogens with zero attached hydrogens (tertiary/aromatic N) is 4. The van der Waals surface area contributed by atoms with Crippen molar-refractivity contribution in [3.63, 3.8) is 0 Å². The fraction of sp³-hybridized carbons (Fsp3) is 0.444. The highest BCUT2D eigenvalue weighted by atomic mass is 19.1. The van der Waals surface area contributed by atoms with Crippen molar-refractivity contribution in [2.24, 2.45) is 4.99 Å². The molecule has 0 unspecified atom stereocenters. The molecule has 0 saturated carbocycles. The number of unbranched alkanes of at least 4 members (excludes halogenated alkanes) is 1. The summed E-state index contributed by atoms with van der Waals surface area (Å²) in [6, 6.07) is 8.29. The van der Waals surface area contributed by atoms with Crippen LogP contribution in [0.1, 0.15) is 25.5 Å². The molecule has 0 amide bonds. The third kappa shape index (κ3) is 5.08. The summed E-state index contributed by atoms with van der Waals surface area (Å²) in [4.78, 5) is 6.44. The lowest BCUT2D eigenvalue weighted by Crippen LogP contribution is -2.40. The molecular formula is C18H26FN5. The van der Waals surface area contributed by atoms with Crippen LogP contribution in [0, 0.1) is 5.82 Å². The van der Waals surface area contributed by atoms with E-state index in [9.17, 15) is 4.39 Å². The lowest BCUT2D eigenvalue weighted by molar-refractivity contribution is 0.465. The molecule has 1 heterocycles. The van der Waals surface area contributed by atoms with Crippen molar-refractivity contribution in [1.29, 1.82) is 0 Å². The van der Waals surface area contributed by atoms with Crippen LogP contribution in [0.5, 0.6) is 0 Å². The van der Waals surface area contributed by atoms with E-state index in [0.29, 0.717) is 0 Å². The fourth-order valence-corrected chi connectivity index (χ4v) is 2.42. The number of aromatic nitrogens is 2. The summed E-state index contributed by atoms with van der Waals surface area (Å²) in [5, 5.41) is 7.89. The first-order chi connectivity index (χ1) is 11.6. The highest BCUT2D eigenvalue weighted by Crippen LogP contribution is 2.09. The largest absolute Gasteiger partial charge is 0.356 e. The molecule has 2 aromatic rings. The average molecular weight is 331 g/mol. The predicted octanol–water partition coefficient (Wildman–Crippen LogP) is 2.86. The van der Waals surface area contributed by atoms with Gasteiger partial charge in [0, 0.05) is 39.8 Å². The maximum absolute atomic E-state index is 13.0. The molecule has 0 bridgehead atoms. The van der Waals surface area contributed by atoms with Crippen LogP contribution in [0.2, 0.25) is 0 Å². The molecule has 0 aliphatic rings. The van der Waals surface area contributed by atoms with Crippen LogP contribution in [0.15, 0.2) is 41.5 Å². The number of aliphatic imine (C=N–C) groups is 1. The molecule has 0 atom stereocenters. The lowest BCUT2D eigenvalue weighted by atomic mass is 10.3. The van der Waals surface area contributed by atoms with Gasteiger partial charge in [-0.2, -0.15) is 5.10 Å². The van der Waals surface area contributed by atoms with Gasteiger partial charge in [0.25, 0.3) is 0 Å². The van der Waals surface area contributed by atoms with Gasteiger partial charge in [0.15, 0.2) is 5.96 Å². The minimum Gasteiger partial charge on any atom is -0.356 e. The third-order valence-electron chi connectivity index (χ3n) is 3.82. The number of halogens is 1. The molecule has 0 radical (unpaired) electrons. The van der Waals surface area contributed by atoms with E-state index >= 15 is 0 Å². The Morgan fingerprint density at radius 2 is 2.04 bits per heavy atom. The van der Waals surface area contributed by atoms with E-state index in [2.05, 4.69) is 27.2 Å². The van der Waals surface area contributed by atoms with Gasteiger partial charge < -0.3 is 10.2 Å². The molecule has 0 aliphatic carbocycles. The van der Waals surface area contributed by atoms with Crippen molar-refractivity contribution >= 4 is 5.96 Å². The van der Waals surface area contributed by atoms with E-state index in [0.717, 1.165) is 43.3 Å². The molecule has 0 saturated heterocycles. The zero-order chi connectivity index (χ0) is 17.4. The van der Waals surface area contributed by atoms with Crippen LogP contribution in [0.25, 0.3) is 5.69 Å². The second-order valence-electron chi connectivity index (χ2n) is 5.73. The summed E-state index contributed by atoms with van der Waals surface area (Å²) >= 11 is 0. The molecule has 24 heavy (non-hydrogen) atoms. The van der Waals surface area contributed by atoms with Gasteiger partial charge >= 0.3 is 0 Å². The molecule has 0 aliphatic heterocycles. The second-order valence-corrected chi connectivity index (χ2v) is 5.73. The molecule has 2 rings (SSSR count). The van der Waals surface area contributed by atoms with Crippen molar-refractivity contribution in [2.75, 3.05) is 27.2 Å². The van der Waals surface area contributed by atoms with Gasteiger partial charge in [-0.15, -0.1) is 0 Å². The maximum Gasteiger partial charge on any atom is 0.193 e. The summed E-state index contributed by atoms with van der Waals surface area (Å²) in [6.07, 6.45) is 5.01. The van der Waals surface area contributed by atoms with Crippen molar-refractivity contribution in [3.05, 3.63) is 48.0 Å². The van der Waals surface area contributed by atoms with Crippen LogP contribution in [-0.2, 0) is 6.42 Å². The quantitative estimate of drug-likeness (QED) is 0.627. The van der Waals surface area contributed by atoms with E-state index in [1.165, 1.54) is 18.6 Å². The minimum atomic E-state index is -0.242. The van der Waals surface area contributed by atoms with Crippen molar-refractivity contribution < 1.29 is 4.39 Å². The monoisotopic (exact) mass is 331 g/mol. The molecular weight excluding hydrogens is 305 g/mol. The first-order valence-electron chi connectivity index (χ1n) is 8.36. The number of nitrogens with one attached hydrogen (secondary N) is 1. The van der Waals surface area contributed by atoms with Crippen molar-refractivity contribution in [1.82, 2.24) is 20.0 Å². The first-order valence-corrected chi connectivity index (χ1v) is 8.36. The van der Waals surface area contributed by atoms with E-state index < -0.39 is 0 Å². The smallest absolute Gasteiger partial charge is 0.193 e. The van der Waals surface area contributed by atoms with Gasteiger partial charge in [-0.3, -0.25) is 4.99 Å². The van der Waals surface area contributed by atoms with E-state index in [-0.39, 0.29) is 5.82 Å². The number of hydrogen-bond donors (Lipinski definition) is 1. The Morgan fingerprint density at radius 3 is 2.71 bits per heavy atom. The molecule has 5 nitrogen and oxygen atoms in total. The topological polar surface area (TPSA) is 45.5 Å². The molecule has 6 heteroatoms. The molecule has 0 spiro atoms. The summed E-state index contributed by atoms with van der Waals surface area (Å²) in [6.45, 7) is 3.94. The first kappa shape index (κ1) is 18.0. The predicted molar refractivity (Wildman–Crippen MR) is 96.1 cm³/mol. The second kappa shape index (κ2) is 9.05. The Morgan fingerprint density at radius 1 is 1.29 bits per heavy atom. The van der Waals surface area contributed by atoms with Crippen LogP contribution < -0.4 is 5.32 Å². The average Bonchev–Trinajstić information content (AvgIpc) is 3.06. The standard InChI is InChI=1S/C18H26FN5/c1-4-5-13-23(3)18(20-2)21-12-10-16-11-14-24(22-16)17-8-6-15(19)7-9-17/h6-9,11,14H,4-5,10,12-13H2,1-3H3,(H,20,21). The Balaban J connectivity index is 1.85. The zero-order valence-electron chi connectivity index (χ0n) is 14.7. The van der Waals surface area contributed by atoms with Gasteiger partial charge in [0.2, 0.25) is 0 Å². The van der Waals surface area contributed by atoms with Gasteiger partial charge in [-0.25, -0.2) is 9.07 Å². The van der Waals surface area contributed by atoms with Gasteiger partial charge in [-0.1, -0.05) is 13.3 Å². The third-order valence-corrected chi connectivity index (χ3v) is 3.82.